The number of carbonyl (C=O) groups excluding carboxylic acids is 3. The zero-order valence-electron chi connectivity index (χ0n) is 41.6. The van der Waals surface area contributed by atoms with E-state index in [9.17, 15) is 59.6 Å². The summed E-state index contributed by atoms with van der Waals surface area (Å²) in [5.74, 6) is -4.88. The third-order valence-electron chi connectivity index (χ3n) is 12.8. The van der Waals surface area contributed by atoms with Crippen LogP contribution in [-0.4, -0.2) is 127 Å². The molecule has 2 fully saturated rings. The van der Waals surface area contributed by atoms with Gasteiger partial charge < -0.3 is 50.1 Å². The maximum absolute atomic E-state index is 13.6. The molecule has 0 radical (unpaired) electrons. The van der Waals surface area contributed by atoms with Crippen molar-refractivity contribution in [2.45, 2.75) is 236 Å². The molecule has 0 aromatic rings. The Morgan fingerprint density at radius 3 is 1.97 bits per heavy atom. The fourth-order valence-corrected chi connectivity index (χ4v) is 9.47. The third kappa shape index (κ3) is 27.1. The van der Waals surface area contributed by atoms with Gasteiger partial charge >= 0.3 is 19.8 Å². The normalized spacial score (nSPS) is 30.2. The number of phosphoric acid groups is 1. The second kappa shape index (κ2) is 37.2. The number of rotatable bonds is 26. The van der Waals surface area contributed by atoms with E-state index in [0.29, 0.717) is 44.9 Å². The number of phosphoric ester groups is 1. The Bertz CT molecular complexity index is 1570. The summed E-state index contributed by atoms with van der Waals surface area (Å²) in [6.07, 6.45) is 16.5. The smallest absolute Gasteiger partial charge is 0.462 e. The number of ketones is 1. The highest BCUT2D eigenvalue weighted by Crippen LogP contribution is 2.47. The lowest BCUT2D eigenvalue weighted by atomic mass is 9.83. The highest BCUT2D eigenvalue weighted by Gasteiger charge is 2.49. The average molecular weight is 1000 g/mol. The van der Waals surface area contributed by atoms with Crippen LogP contribution in [0.25, 0.3) is 0 Å². The first kappa shape index (κ1) is 62.5. The number of allylic oxidation sites excluding steroid dienone is 6. The van der Waals surface area contributed by atoms with E-state index in [1.54, 1.807) is 0 Å². The molecule has 16 nitrogen and oxygen atoms in total. The Labute approximate surface area is 411 Å². The number of carbonyl (C=O) groups is 3. The van der Waals surface area contributed by atoms with E-state index in [1.165, 1.54) is 37.8 Å². The van der Waals surface area contributed by atoms with Gasteiger partial charge in [0.25, 0.3) is 0 Å². The van der Waals surface area contributed by atoms with Crippen LogP contribution in [0.2, 0.25) is 0 Å². The molecule has 8 N–H and O–H groups in total. The van der Waals surface area contributed by atoms with Crippen LogP contribution >= 0.6 is 7.82 Å². The zero-order chi connectivity index (χ0) is 50.9. The molecule has 0 amide bonds. The Morgan fingerprint density at radius 2 is 1.30 bits per heavy atom. The monoisotopic (exact) mass is 1000 g/mol. The van der Waals surface area contributed by atoms with Gasteiger partial charge in [0, 0.05) is 31.1 Å². The van der Waals surface area contributed by atoms with Gasteiger partial charge in [-0.05, 0) is 64.2 Å². The van der Waals surface area contributed by atoms with Crippen LogP contribution in [0, 0.1) is 11.8 Å². The molecule has 1 unspecified atom stereocenters. The maximum Gasteiger partial charge on any atom is 0.472 e. The molecule has 2 aliphatic rings. The van der Waals surface area contributed by atoms with Crippen LogP contribution in [0.4, 0.5) is 0 Å². The SMILES string of the molecule is CCCCCC/C=C\C/C=C\C/C=C\CCCCCCCCC(=O)OC[C@@H]1COP(=O)(O)O[C@H]2[C@H](O)[C@@H](O)[C@H](O)[C@@H](CCCCCCC(=O)O1)C(=O)C[C@@H](O)[C@H](/C=C/[C@@H](O)CCCCC)[C@@H](O)[C@H]2O. The van der Waals surface area contributed by atoms with Crippen molar-refractivity contribution in [2.24, 2.45) is 11.8 Å². The molecular weight excluding hydrogens is 912 g/mol. The van der Waals surface area contributed by atoms with Gasteiger partial charge in [-0.25, -0.2) is 4.57 Å². The first-order valence-corrected chi connectivity index (χ1v) is 27.5. The van der Waals surface area contributed by atoms with Crippen molar-refractivity contribution in [2.75, 3.05) is 13.2 Å². The second-order valence-corrected chi connectivity index (χ2v) is 20.2. The fourth-order valence-electron chi connectivity index (χ4n) is 8.50. The summed E-state index contributed by atoms with van der Waals surface area (Å²) in [4.78, 5) is 50.1. The molecule has 17 heteroatoms. The van der Waals surface area contributed by atoms with E-state index in [0.717, 1.165) is 70.6 Å². The van der Waals surface area contributed by atoms with Crippen molar-refractivity contribution >= 4 is 25.5 Å². The molecule has 0 aromatic carbocycles. The van der Waals surface area contributed by atoms with E-state index in [1.807, 2.05) is 6.92 Å². The highest BCUT2D eigenvalue weighted by atomic mass is 31.2. The average Bonchev–Trinajstić information content (AvgIpc) is 3.32. The minimum absolute atomic E-state index is 0.0301. The number of aliphatic hydroxyl groups is 7. The van der Waals surface area contributed by atoms with Crippen molar-refractivity contribution in [3.05, 3.63) is 48.6 Å². The van der Waals surface area contributed by atoms with Crippen molar-refractivity contribution in [3.63, 3.8) is 0 Å². The van der Waals surface area contributed by atoms with Crippen molar-refractivity contribution < 1.29 is 78.1 Å². The first-order chi connectivity index (χ1) is 33.1. The number of Topliss-reactive ketones (excluding diaryl/α,β-unsaturated/α-hetero) is 1. The van der Waals surface area contributed by atoms with Gasteiger partial charge in [-0.3, -0.25) is 23.4 Å². The molecule has 69 heavy (non-hydrogen) atoms. The number of hydrogen-bond donors (Lipinski definition) is 8. The molecule has 2 rings (SSSR count). The quantitative estimate of drug-likeness (QED) is 0.0178. The Kier molecular flexibility index (Phi) is 33.7. The van der Waals surface area contributed by atoms with Crippen molar-refractivity contribution in [3.8, 4) is 0 Å². The molecule has 1 aliphatic carbocycles. The minimum atomic E-state index is -5.45. The summed E-state index contributed by atoms with van der Waals surface area (Å²) in [5, 5.41) is 78.6. The van der Waals surface area contributed by atoms with E-state index >= 15 is 0 Å². The van der Waals surface area contributed by atoms with E-state index in [2.05, 4.69) is 43.4 Å². The predicted molar refractivity (Wildman–Crippen MR) is 263 cm³/mol. The van der Waals surface area contributed by atoms with Gasteiger partial charge in [0.15, 0.2) is 6.10 Å². The van der Waals surface area contributed by atoms with E-state index in [-0.39, 0.29) is 19.3 Å². The lowest BCUT2D eigenvalue weighted by Gasteiger charge is -2.36. The molecule has 1 saturated carbocycles. The van der Waals surface area contributed by atoms with Crippen molar-refractivity contribution in [1.82, 2.24) is 0 Å². The molecule has 1 saturated heterocycles. The largest absolute Gasteiger partial charge is 0.472 e. The Hall–Kier alpha value is -2.60. The molecule has 2 bridgehead atoms. The second-order valence-electron chi connectivity index (χ2n) is 18.8. The number of aliphatic hydroxyl groups excluding tert-OH is 7. The fraction of sp³-hybridized carbons (Fsp3) is 0.788. The van der Waals surface area contributed by atoms with Crippen LogP contribution in [0.15, 0.2) is 48.6 Å². The van der Waals surface area contributed by atoms with Crippen molar-refractivity contribution in [1.29, 1.82) is 0 Å². The van der Waals surface area contributed by atoms with E-state index < -0.39 is 112 Å². The number of hydrogen-bond acceptors (Lipinski definition) is 15. The lowest BCUT2D eigenvalue weighted by Crippen LogP contribution is -2.55. The highest BCUT2D eigenvalue weighted by molar-refractivity contribution is 7.47. The van der Waals surface area contributed by atoms with Gasteiger partial charge in [-0.1, -0.05) is 146 Å². The molecule has 398 valence electrons. The van der Waals surface area contributed by atoms with Gasteiger partial charge in [0.1, 0.15) is 36.8 Å². The number of cyclic esters (lactones) is 1. The van der Waals surface area contributed by atoms with Crippen LogP contribution in [-0.2, 0) is 37.5 Å². The maximum atomic E-state index is 13.6. The minimum Gasteiger partial charge on any atom is -0.462 e. The third-order valence-corrected chi connectivity index (χ3v) is 13.8. The molecule has 12 atom stereocenters. The zero-order valence-corrected chi connectivity index (χ0v) is 42.5. The van der Waals surface area contributed by atoms with Crippen LogP contribution in [0.3, 0.4) is 0 Å². The molecule has 1 heterocycles. The lowest BCUT2D eigenvalue weighted by molar-refractivity contribution is -0.166. The van der Waals surface area contributed by atoms with Gasteiger partial charge in [-0.2, -0.15) is 0 Å². The molecule has 0 spiro atoms. The summed E-state index contributed by atoms with van der Waals surface area (Å²) < 4.78 is 34.7. The van der Waals surface area contributed by atoms with Crippen LogP contribution in [0.5, 0.6) is 0 Å². The molecular formula is C52H89O16P. The summed E-state index contributed by atoms with van der Waals surface area (Å²) in [5.41, 5.74) is 0. The topological polar surface area (TPSA) is 267 Å². The summed E-state index contributed by atoms with van der Waals surface area (Å²) in [6, 6.07) is 0. The summed E-state index contributed by atoms with van der Waals surface area (Å²) >= 11 is 0. The van der Waals surface area contributed by atoms with Crippen LogP contribution in [0.1, 0.15) is 181 Å². The summed E-state index contributed by atoms with van der Waals surface area (Å²) in [6.45, 7) is 2.82. The standard InChI is InChI=1S/C52H89O16P/c1-3-5-7-8-9-10-11-12-13-14-15-16-17-18-19-20-21-22-23-28-32-45(56)65-37-40-38-66-69(63,64)68-52-50(61)48(59)42(35-34-39(53)30-26-6-4-2)44(55)36-43(54)41(47(58)49(60)51(52)62)31-27-24-25-29-33-46(57)67-40/h10-11,13-14,16-17,34-35,39-42,44,47-53,55,58-62H,3-9,12,15,18-33,36-38H2,1-2H3,(H,63,64)/b11-10-,14-13-,17-16-,35-34+/t39-,40+,41-,42-,44+,47+,48+,49-,50+,51+,52+/m0/s1. The number of fused-ring (bicyclic) bond motifs is 4. The molecule has 1 aliphatic heterocycles. The van der Waals surface area contributed by atoms with Crippen LogP contribution < -0.4 is 0 Å². The van der Waals surface area contributed by atoms with E-state index in [4.69, 9.17) is 18.5 Å². The number of ether oxygens (including phenoxy) is 2. The van der Waals surface area contributed by atoms with Gasteiger partial charge in [0.2, 0.25) is 0 Å². The summed E-state index contributed by atoms with van der Waals surface area (Å²) in [7, 11) is -5.45. The predicted octanol–water partition coefficient (Wildman–Crippen LogP) is 7.71. The number of unbranched alkanes of at least 4 members (excludes halogenated alkanes) is 12. The Balaban J connectivity index is 2.02. The first-order valence-electron chi connectivity index (χ1n) is 26.0. The van der Waals surface area contributed by atoms with Gasteiger partial charge in [0.05, 0.1) is 31.0 Å². The van der Waals surface area contributed by atoms with Gasteiger partial charge in [-0.15, -0.1) is 0 Å². The Morgan fingerprint density at radius 1 is 0.725 bits per heavy atom. The number of esters is 2. The molecule has 0 aromatic heterocycles.